The van der Waals surface area contributed by atoms with E-state index in [2.05, 4.69) is 10.2 Å². The normalized spacial score (nSPS) is 11.9. The van der Waals surface area contributed by atoms with Crippen molar-refractivity contribution in [3.8, 4) is 11.5 Å². The minimum absolute atomic E-state index is 0.0492. The number of carbonyl (C=O) groups is 1. The lowest BCUT2D eigenvalue weighted by Gasteiger charge is -2.22. The van der Waals surface area contributed by atoms with Crippen molar-refractivity contribution >= 4 is 5.91 Å². The molecule has 3 aromatic rings. The number of amides is 1. The van der Waals surface area contributed by atoms with Crippen LogP contribution in [0.1, 0.15) is 30.7 Å². The van der Waals surface area contributed by atoms with E-state index >= 15 is 0 Å². The first-order valence-electron chi connectivity index (χ1n) is 8.36. The maximum absolute atomic E-state index is 12.8. The third-order valence-corrected chi connectivity index (χ3v) is 4.14. The second-order valence-electron chi connectivity index (χ2n) is 5.93. The molecule has 1 atom stereocenters. The van der Waals surface area contributed by atoms with Gasteiger partial charge in [0, 0.05) is 12.6 Å². The molecule has 5 heteroatoms. The molecular formula is C20H21N3O2. The Bertz CT molecular complexity index is 815. The van der Waals surface area contributed by atoms with Crippen molar-refractivity contribution in [2.24, 2.45) is 0 Å². The van der Waals surface area contributed by atoms with Gasteiger partial charge in [-0.3, -0.25) is 4.79 Å². The lowest BCUT2D eigenvalue weighted by molar-refractivity contribution is -0.132. The highest BCUT2D eigenvalue weighted by Crippen LogP contribution is 2.23. The summed E-state index contributed by atoms with van der Waals surface area (Å²) in [5.41, 5.74) is 1.89. The van der Waals surface area contributed by atoms with Gasteiger partial charge in [-0.1, -0.05) is 55.5 Å². The van der Waals surface area contributed by atoms with Crippen molar-refractivity contribution in [2.75, 3.05) is 7.05 Å². The largest absolute Gasteiger partial charge is 0.419 e. The molecule has 128 valence electrons. The van der Waals surface area contributed by atoms with Gasteiger partial charge >= 0.3 is 0 Å². The van der Waals surface area contributed by atoms with Gasteiger partial charge in [0.25, 0.3) is 0 Å². The van der Waals surface area contributed by atoms with Gasteiger partial charge in [-0.15, -0.1) is 10.2 Å². The van der Waals surface area contributed by atoms with Crippen molar-refractivity contribution in [3.63, 3.8) is 0 Å². The van der Waals surface area contributed by atoms with Crippen LogP contribution in [0.15, 0.2) is 65.1 Å². The zero-order chi connectivity index (χ0) is 17.6. The summed E-state index contributed by atoms with van der Waals surface area (Å²) < 4.78 is 5.69. The number of carbonyl (C=O) groups excluding carboxylic acids is 1. The van der Waals surface area contributed by atoms with Crippen molar-refractivity contribution in [1.29, 1.82) is 0 Å². The lowest BCUT2D eigenvalue weighted by atomic mass is 9.95. The molecule has 0 saturated heterocycles. The van der Waals surface area contributed by atoms with Gasteiger partial charge in [0.1, 0.15) is 0 Å². The maximum Gasteiger partial charge on any atom is 0.247 e. The molecule has 3 rings (SSSR count). The number of benzene rings is 2. The van der Waals surface area contributed by atoms with E-state index in [0.717, 1.165) is 17.5 Å². The number of nitrogens with zero attached hydrogens (tertiary/aromatic N) is 3. The lowest BCUT2D eigenvalue weighted by Crippen LogP contribution is -2.31. The van der Waals surface area contributed by atoms with Crippen LogP contribution in [-0.4, -0.2) is 28.1 Å². The van der Waals surface area contributed by atoms with Crippen molar-refractivity contribution in [3.05, 3.63) is 72.1 Å². The van der Waals surface area contributed by atoms with Gasteiger partial charge in [0.05, 0.1) is 12.5 Å². The molecule has 25 heavy (non-hydrogen) atoms. The molecule has 2 aromatic carbocycles. The van der Waals surface area contributed by atoms with E-state index in [4.69, 9.17) is 4.42 Å². The highest BCUT2D eigenvalue weighted by Gasteiger charge is 2.23. The average molecular weight is 335 g/mol. The summed E-state index contributed by atoms with van der Waals surface area (Å²) >= 11 is 0. The Balaban J connectivity index is 1.70. The third-order valence-electron chi connectivity index (χ3n) is 4.14. The Kier molecular flexibility index (Phi) is 5.23. The fourth-order valence-electron chi connectivity index (χ4n) is 2.80. The van der Waals surface area contributed by atoms with E-state index in [0.29, 0.717) is 18.3 Å². The number of hydrogen-bond acceptors (Lipinski definition) is 4. The third kappa shape index (κ3) is 3.94. The Morgan fingerprint density at radius 1 is 1.04 bits per heavy atom. The van der Waals surface area contributed by atoms with Crippen LogP contribution in [0.4, 0.5) is 0 Å². The predicted molar refractivity (Wildman–Crippen MR) is 95.7 cm³/mol. The average Bonchev–Trinajstić information content (AvgIpc) is 3.12. The van der Waals surface area contributed by atoms with Crippen LogP contribution in [-0.2, 0) is 11.3 Å². The molecule has 5 nitrogen and oxygen atoms in total. The Morgan fingerprint density at radius 3 is 2.32 bits per heavy atom. The van der Waals surface area contributed by atoms with E-state index in [1.807, 2.05) is 67.6 Å². The van der Waals surface area contributed by atoms with Crippen molar-refractivity contribution in [2.45, 2.75) is 25.8 Å². The minimum atomic E-state index is -0.164. The molecule has 0 spiro atoms. The predicted octanol–water partition coefficient (Wildman–Crippen LogP) is 3.89. The van der Waals surface area contributed by atoms with E-state index in [9.17, 15) is 4.79 Å². The second-order valence-corrected chi connectivity index (χ2v) is 5.93. The summed E-state index contributed by atoms with van der Waals surface area (Å²) in [6.07, 6.45) is 0.742. The van der Waals surface area contributed by atoms with Gasteiger partial charge < -0.3 is 9.32 Å². The molecule has 1 heterocycles. The molecule has 0 aliphatic carbocycles. The Labute approximate surface area is 147 Å². The van der Waals surface area contributed by atoms with E-state index in [1.165, 1.54) is 0 Å². The molecule has 0 saturated carbocycles. The maximum atomic E-state index is 12.8. The Hall–Kier alpha value is -2.95. The van der Waals surface area contributed by atoms with Crippen molar-refractivity contribution in [1.82, 2.24) is 15.1 Å². The smallest absolute Gasteiger partial charge is 0.247 e. The summed E-state index contributed by atoms with van der Waals surface area (Å²) in [6, 6.07) is 19.4. The molecule has 0 aliphatic rings. The van der Waals surface area contributed by atoms with Crippen LogP contribution in [0.25, 0.3) is 11.5 Å². The van der Waals surface area contributed by atoms with E-state index in [1.54, 1.807) is 11.9 Å². The van der Waals surface area contributed by atoms with Crippen LogP contribution in [0.3, 0.4) is 0 Å². The number of likely N-dealkylation sites (N-methyl/N-ethyl adjacent to an activating group) is 1. The summed E-state index contributed by atoms with van der Waals surface area (Å²) in [7, 11) is 1.76. The summed E-state index contributed by atoms with van der Waals surface area (Å²) in [5, 5.41) is 8.13. The van der Waals surface area contributed by atoms with Crippen molar-refractivity contribution < 1.29 is 9.21 Å². The summed E-state index contributed by atoms with van der Waals surface area (Å²) in [4.78, 5) is 14.4. The van der Waals surface area contributed by atoms with Crippen LogP contribution in [0.2, 0.25) is 0 Å². The highest BCUT2D eigenvalue weighted by molar-refractivity contribution is 5.83. The Morgan fingerprint density at radius 2 is 1.68 bits per heavy atom. The monoisotopic (exact) mass is 335 g/mol. The highest BCUT2D eigenvalue weighted by atomic mass is 16.4. The van der Waals surface area contributed by atoms with Crippen LogP contribution in [0, 0.1) is 0 Å². The first kappa shape index (κ1) is 16.9. The second kappa shape index (κ2) is 7.75. The quantitative estimate of drug-likeness (QED) is 0.686. The van der Waals surface area contributed by atoms with E-state index in [-0.39, 0.29) is 11.8 Å². The van der Waals surface area contributed by atoms with Crippen LogP contribution in [0.5, 0.6) is 0 Å². The van der Waals surface area contributed by atoms with Gasteiger partial charge in [-0.05, 0) is 24.1 Å². The van der Waals surface area contributed by atoms with Crippen LogP contribution >= 0.6 is 0 Å². The molecule has 1 amide bonds. The first-order valence-corrected chi connectivity index (χ1v) is 8.36. The SMILES string of the molecule is CC[C@@H](C(=O)N(C)Cc1nnc(-c2ccccc2)o1)c1ccccc1. The van der Waals surface area contributed by atoms with Gasteiger partial charge in [0.2, 0.25) is 17.7 Å². The number of hydrogen-bond donors (Lipinski definition) is 0. The first-order chi connectivity index (χ1) is 12.2. The van der Waals surface area contributed by atoms with Gasteiger partial charge in [-0.2, -0.15) is 0 Å². The van der Waals surface area contributed by atoms with Crippen LogP contribution < -0.4 is 0 Å². The molecule has 1 aromatic heterocycles. The summed E-state index contributed by atoms with van der Waals surface area (Å²) in [6.45, 7) is 2.31. The molecule has 0 unspecified atom stereocenters. The molecule has 0 aliphatic heterocycles. The topological polar surface area (TPSA) is 59.2 Å². The molecule has 0 N–H and O–H groups in total. The molecule has 0 fully saturated rings. The molecular weight excluding hydrogens is 314 g/mol. The summed E-state index contributed by atoms with van der Waals surface area (Å²) in [5.74, 6) is 0.778. The van der Waals surface area contributed by atoms with E-state index < -0.39 is 0 Å². The minimum Gasteiger partial charge on any atom is -0.419 e. The fraction of sp³-hybridized carbons (Fsp3) is 0.250. The number of rotatable bonds is 6. The number of aromatic nitrogens is 2. The zero-order valence-corrected chi connectivity index (χ0v) is 14.4. The zero-order valence-electron chi connectivity index (χ0n) is 14.4. The molecule has 0 bridgehead atoms. The van der Waals surface area contributed by atoms with Gasteiger partial charge in [0.15, 0.2) is 0 Å². The molecule has 0 radical (unpaired) electrons. The fourth-order valence-corrected chi connectivity index (χ4v) is 2.80. The van der Waals surface area contributed by atoms with Gasteiger partial charge in [-0.25, -0.2) is 0 Å². The standard InChI is InChI=1S/C20H21N3O2/c1-3-17(15-10-6-4-7-11-15)20(24)23(2)14-18-21-22-19(25-18)16-12-8-5-9-13-16/h4-13,17H,3,14H2,1-2H3/t17-/m1/s1.